The highest BCUT2D eigenvalue weighted by Crippen LogP contribution is 2.32. The zero-order chi connectivity index (χ0) is 21.6. The fourth-order valence-corrected chi connectivity index (χ4v) is 5.71. The van der Waals surface area contributed by atoms with Gasteiger partial charge in [-0.1, -0.05) is 89.5 Å². The summed E-state index contributed by atoms with van der Waals surface area (Å²) in [5, 5.41) is 24.3. The van der Waals surface area contributed by atoms with E-state index < -0.39 is 5.97 Å². The second-order valence-corrected chi connectivity index (χ2v) is 9.88. The highest BCUT2D eigenvalue weighted by molar-refractivity contribution is 8.03. The number of aromatic carboxylic acids is 1. The molecule has 1 amide bonds. The average Bonchev–Trinajstić information content (AvgIpc) is 3.24. The van der Waals surface area contributed by atoms with Gasteiger partial charge in [0.05, 0.1) is 11.7 Å². The third-order valence-electron chi connectivity index (χ3n) is 4.35. The van der Waals surface area contributed by atoms with E-state index in [1.807, 2.05) is 12.1 Å². The molecule has 1 N–H and O–H groups in total. The quantitative estimate of drug-likeness (QED) is 0.391. The molecule has 0 bridgehead atoms. The van der Waals surface area contributed by atoms with Gasteiger partial charge >= 0.3 is 0 Å². The topological polar surface area (TPSA) is 95.0 Å². The van der Waals surface area contributed by atoms with E-state index in [-0.39, 0.29) is 17.2 Å². The monoisotopic (exact) mass is 466 g/mol. The maximum absolute atomic E-state index is 12.1. The van der Waals surface area contributed by atoms with Gasteiger partial charge in [0.25, 0.3) is 0 Å². The van der Waals surface area contributed by atoms with Crippen LogP contribution in [-0.2, 0) is 10.5 Å². The number of fused-ring (bicyclic) bond motifs is 1. The van der Waals surface area contributed by atoms with Crippen LogP contribution >= 0.6 is 34.9 Å². The first-order valence-electron chi connectivity index (χ1n) is 9.25. The van der Waals surface area contributed by atoms with Crippen molar-refractivity contribution in [1.82, 2.24) is 10.2 Å². The van der Waals surface area contributed by atoms with Crippen molar-refractivity contribution in [3.8, 4) is 0 Å². The number of aromatic nitrogens is 2. The molecule has 0 fully saturated rings. The lowest BCUT2D eigenvalue weighted by atomic mass is 10.1. The molecule has 0 aliphatic carbocycles. The van der Waals surface area contributed by atoms with Crippen LogP contribution in [0.25, 0.3) is 10.8 Å². The Labute approximate surface area is 191 Å². The van der Waals surface area contributed by atoms with Gasteiger partial charge in [-0.05, 0) is 34.0 Å². The molecule has 9 heteroatoms. The average molecular weight is 467 g/mol. The third kappa shape index (κ3) is 5.63. The van der Waals surface area contributed by atoms with Crippen molar-refractivity contribution in [3.63, 3.8) is 0 Å². The van der Waals surface area contributed by atoms with Crippen molar-refractivity contribution >= 4 is 63.2 Å². The molecule has 1 aromatic heterocycles. The van der Waals surface area contributed by atoms with Crippen molar-refractivity contribution < 1.29 is 14.7 Å². The van der Waals surface area contributed by atoms with E-state index in [1.165, 1.54) is 63.7 Å². The Bertz CT molecular complexity index is 1220. The Kier molecular flexibility index (Phi) is 6.86. The van der Waals surface area contributed by atoms with Gasteiger partial charge in [-0.2, -0.15) is 0 Å². The van der Waals surface area contributed by atoms with Crippen molar-refractivity contribution in [1.29, 1.82) is 0 Å². The first-order valence-corrected chi connectivity index (χ1v) is 12.0. The SMILES string of the molecule is O=C(CSc1nnc(SCc2cccc3ccccc23)s1)Nc1ccc(C(=O)[O-])cc1. The highest BCUT2D eigenvalue weighted by atomic mass is 32.2. The van der Waals surface area contributed by atoms with Gasteiger partial charge in [-0.25, -0.2) is 0 Å². The molecular weight excluding hydrogens is 450 g/mol. The second-order valence-electron chi connectivity index (χ2n) is 6.46. The summed E-state index contributed by atoms with van der Waals surface area (Å²) < 4.78 is 1.58. The highest BCUT2D eigenvalue weighted by Gasteiger charge is 2.10. The molecule has 0 unspecified atom stereocenters. The number of nitrogens with one attached hydrogen (secondary N) is 1. The van der Waals surface area contributed by atoms with Crippen LogP contribution in [0.3, 0.4) is 0 Å². The van der Waals surface area contributed by atoms with E-state index in [0.717, 1.165) is 14.4 Å². The largest absolute Gasteiger partial charge is 0.545 e. The smallest absolute Gasteiger partial charge is 0.234 e. The summed E-state index contributed by atoms with van der Waals surface area (Å²) in [5.74, 6) is -0.474. The van der Waals surface area contributed by atoms with Gasteiger partial charge in [0.2, 0.25) is 5.91 Å². The van der Waals surface area contributed by atoms with Crippen LogP contribution in [0.15, 0.2) is 75.4 Å². The number of benzene rings is 3. The predicted molar refractivity (Wildman–Crippen MR) is 124 cm³/mol. The van der Waals surface area contributed by atoms with Gasteiger partial charge in [0, 0.05) is 11.4 Å². The Morgan fingerprint density at radius 2 is 1.61 bits per heavy atom. The normalized spacial score (nSPS) is 10.8. The molecule has 0 saturated carbocycles. The lowest BCUT2D eigenvalue weighted by Crippen LogP contribution is -2.22. The fourth-order valence-electron chi connectivity index (χ4n) is 2.89. The number of carboxylic acid groups (broad SMARTS) is 1. The number of carbonyl (C=O) groups excluding carboxylic acids is 2. The van der Waals surface area contributed by atoms with Crippen molar-refractivity contribution in [2.45, 2.75) is 14.4 Å². The number of thioether (sulfide) groups is 2. The summed E-state index contributed by atoms with van der Waals surface area (Å²) in [5.41, 5.74) is 1.84. The summed E-state index contributed by atoms with van der Waals surface area (Å²) in [7, 11) is 0. The van der Waals surface area contributed by atoms with Crippen LogP contribution in [0, 0.1) is 0 Å². The van der Waals surface area contributed by atoms with Crippen LogP contribution in [0.1, 0.15) is 15.9 Å². The molecule has 156 valence electrons. The summed E-state index contributed by atoms with van der Waals surface area (Å²) in [6.45, 7) is 0. The molecule has 0 saturated heterocycles. The maximum atomic E-state index is 12.1. The van der Waals surface area contributed by atoms with Gasteiger partial charge < -0.3 is 15.2 Å². The number of nitrogens with zero attached hydrogens (tertiary/aromatic N) is 2. The lowest BCUT2D eigenvalue weighted by molar-refractivity contribution is -0.255. The van der Waals surface area contributed by atoms with Gasteiger partial charge in [0.15, 0.2) is 8.68 Å². The fraction of sp³-hybridized carbons (Fsp3) is 0.0909. The summed E-state index contributed by atoms with van der Waals surface area (Å²) in [6.07, 6.45) is 0. The molecule has 3 aromatic carbocycles. The van der Waals surface area contributed by atoms with Crippen molar-refractivity contribution in [3.05, 3.63) is 77.9 Å². The standard InChI is InChI=1S/C22H17N3O3S3/c26-19(23-17-10-8-15(9-11-17)20(27)28)13-30-22-25-24-21(31-22)29-12-16-6-3-5-14-4-1-2-7-18(14)16/h1-11H,12-13H2,(H,23,26)(H,27,28)/p-1. The van der Waals surface area contributed by atoms with Crippen LogP contribution in [-0.4, -0.2) is 27.8 Å². The summed E-state index contributed by atoms with van der Waals surface area (Å²) in [6, 6.07) is 20.4. The molecule has 0 aliphatic heterocycles. The van der Waals surface area contributed by atoms with E-state index >= 15 is 0 Å². The van der Waals surface area contributed by atoms with E-state index in [0.29, 0.717) is 5.69 Å². The minimum absolute atomic E-state index is 0.0646. The van der Waals surface area contributed by atoms with E-state index in [4.69, 9.17) is 0 Å². The molecule has 4 rings (SSSR count). The van der Waals surface area contributed by atoms with Crippen molar-refractivity contribution in [2.75, 3.05) is 11.1 Å². The molecule has 0 spiro atoms. The molecule has 0 atom stereocenters. The summed E-state index contributed by atoms with van der Waals surface area (Å²) in [4.78, 5) is 22.9. The molecule has 0 radical (unpaired) electrons. The second kappa shape index (κ2) is 9.95. The van der Waals surface area contributed by atoms with Gasteiger partial charge in [-0.15, -0.1) is 10.2 Å². The minimum atomic E-state index is -1.25. The first-order chi connectivity index (χ1) is 15.1. The molecule has 6 nitrogen and oxygen atoms in total. The van der Waals surface area contributed by atoms with E-state index in [2.05, 4.69) is 45.8 Å². The van der Waals surface area contributed by atoms with Gasteiger partial charge in [0.1, 0.15) is 0 Å². The van der Waals surface area contributed by atoms with Crippen LogP contribution in [0.5, 0.6) is 0 Å². The minimum Gasteiger partial charge on any atom is -0.545 e. The summed E-state index contributed by atoms with van der Waals surface area (Å²) >= 11 is 4.41. The Morgan fingerprint density at radius 3 is 2.39 bits per heavy atom. The number of rotatable bonds is 8. The van der Waals surface area contributed by atoms with Crippen LogP contribution in [0.4, 0.5) is 5.69 Å². The molecule has 4 aromatic rings. The number of hydrogen-bond donors (Lipinski definition) is 1. The number of carboxylic acids is 1. The van der Waals surface area contributed by atoms with Crippen molar-refractivity contribution in [2.24, 2.45) is 0 Å². The maximum Gasteiger partial charge on any atom is 0.234 e. The number of amides is 1. The van der Waals surface area contributed by atoms with Crippen LogP contribution < -0.4 is 10.4 Å². The number of hydrogen-bond acceptors (Lipinski definition) is 8. The lowest BCUT2D eigenvalue weighted by Gasteiger charge is -2.06. The number of carbonyl (C=O) groups is 2. The Hall–Kier alpha value is -2.88. The zero-order valence-electron chi connectivity index (χ0n) is 16.1. The predicted octanol–water partition coefficient (Wildman–Crippen LogP) is 4.08. The van der Waals surface area contributed by atoms with Gasteiger partial charge in [-0.3, -0.25) is 4.79 Å². The van der Waals surface area contributed by atoms with E-state index in [1.54, 1.807) is 11.8 Å². The van der Waals surface area contributed by atoms with E-state index in [9.17, 15) is 14.7 Å². The Morgan fingerprint density at radius 1 is 0.903 bits per heavy atom. The molecule has 1 heterocycles. The zero-order valence-corrected chi connectivity index (χ0v) is 18.6. The molecule has 0 aliphatic rings. The molecular formula is C22H16N3O3S3-. The Balaban J connectivity index is 1.29. The molecule has 31 heavy (non-hydrogen) atoms. The third-order valence-corrected chi connectivity index (χ3v) is 7.59. The van der Waals surface area contributed by atoms with Crippen LogP contribution in [0.2, 0.25) is 0 Å². The number of anilines is 1. The first kappa shape index (κ1) is 21.4.